The van der Waals surface area contributed by atoms with E-state index in [4.69, 9.17) is 5.73 Å². The number of aromatic nitrogens is 3. The van der Waals surface area contributed by atoms with Gasteiger partial charge in [-0.15, -0.1) is 5.10 Å². The minimum atomic E-state index is -1.27. The molecule has 1 aliphatic carbocycles. The van der Waals surface area contributed by atoms with Gasteiger partial charge in [-0.1, -0.05) is 12.1 Å². The summed E-state index contributed by atoms with van der Waals surface area (Å²) < 4.78 is 16.4. The molecule has 0 radical (unpaired) electrons. The zero-order chi connectivity index (χ0) is 11.6. The molecule has 1 saturated carbocycles. The maximum absolute atomic E-state index is 14.7. The van der Waals surface area contributed by atoms with Crippen LogP contribution in [-0.2, 0) is 12.2 Å². The summed E-state index contributed by atoms with van der Waals surface area (Å²) in [7, 11) is 0. The van der Waals surface area contributed by atoms with Crippen molar-refractivity contribution in [1.82, 2.24) is 15.0 Å². The molecular weight excluding hydrogens is 207 g/mol. The lowest BCUT2D eigenvalue weighted by atomic mass is 9.82. The maximum atomic E-state index is 14.7. The molecule has 0 bridgehead atoms. The van der Waals surface area contributed by atoms with Crippen molar-refractivity contribution >= 4 is 0 Å². The smallest absolute Gasteiger partial charge is 0.154 e. The molecule has 16 heavy (non-hydrogen) atoms. The van der Waals surface area contributed by atoms with Crippen molar-refractivity contribution in [2.75, 3.05) is 0 Å². The van der Waals surface area contributed by atoms with Crippen molar-refractivity contribution in [1.29, 1.82) is 0 Å². The van der Waals surface area contributed by atoms with E-state index in [2.05, 4.69) is 10.3 Å². The topological polar surface area (TPSA) is 56.7 Å². The van der Waals surface area contributed by atoms with Gasteiger partial charge >= 0.3 is 0 Å². The Labute approximate surface area is 95.0 Å². The van der Waals surface area contributed by atoms with Crippen LogP contribution in [0.4, 0.5) is 4.39 Å². The highest BCUT2D eigenvalue weighted by molar-refractivity contribution is 5.10. The number of nitrogens with two attached hydrogens (primary N) is 1. The van der Waals surface area contributed by atoms with Crippen LogP contribution in [0.2, 0.25) is 0 Å². The van der Waals surface area contributed by atoms with E-state index < -0.39 is 5.67 Å². The predicted molar refractivity (Wildman–Crippen MR) is 59.5 cm³/mol. The highest BCUT2D eigenvalue weighted by Gasteiger charge is 2.39. The second-order valence-corrected chi connectivity index (χ2v) is 4.65. The average molecular weight is 226 g/mol. The summed E-state index contributed by atoms with van der Waals surface area (Å²) in [6.07, 6.45) is 4.97. The molecule has 0 saturated heterocycles. The summed E-state index contributed by atoms with van der Waals surface area (Å²) in [5, 5.41) is 7.76. The molecule has 2 N–H and O–H groups in total. The number of aryl methyl sites for hydroxylation is 1. The Kier molecular flexibility index (Phi) is 3.23. The zero-order valence-electron chi connectivity index (χ0n) is 9.69. The molecular formula is C11H19FN4. The first-order chi connectivity index (χ1) is 7.65. The van der Waals surface area contributed by atoms with Gasteiger partial charge in [0.15, 0.2) is 5.67 Å². The quantitative estimate of drug-likeness (QED) is 0.854. The van der Waals surface area contributed by atoms with Crippen molar-refractivity contribution in [3.63, 3.8) is 0 Å². The molecule has 0 aliphatic heterocycles. The lowest BCUT2D eigenvalue weighted by Crippen LogP contribution is -2.35. The van der Waals surface area contributed by atoms with Gasteiger partial charge in [0.05, 0.1) is 11.9 Å². The SMILES string of the molecule is CCCn1nncc1C1(F)CCC(N)CC1. The van der Waals surface area contributed by atoms with E-state index >= 15 is 0 Å². The Morgan fingerprint density at radius 3 is 2.88 bits per heavy atom. The first-order valence-corrected chi connectivity index (χ1v) is 5.99. The van der Waals surface area contributed by atoms with Crippen LogP contribution in [0, 0.1) is 0 Å². The molecule has 1 aromatic heterocycles. The molecule has 1 fully saturated rings. The molecule has 90 valence electrons. The van der Waals surface area contributed by atoms with Crippen LogP contribution in [-0.4, -0.2) is 21.0 Å². The molecule has 0 unspecified atom stereocenters. The van der Waals surface area contributed by atoms with Crippen LogP contribution in [0.25, 0.3) is 0 Å². The maximum Gasteiger partial charge on any atom is 0.154 e. The number of alkyl halides is 1. The Morgan fingerprint density at radius 2 is 2.25 bits per heavy atom. The van der Waals surface area contributed by atoms with Gasteiger partial charge in [-0.05, 0) is 32.1 Å². The van der Waals surface area contributed by atoms with Crippen LogP contribution in [0.1, 0.15) is 44.7 Å². The van der Waals surface area contributed by atoms with Crippen molar-refractivity contribution < 1.29 is 4.39 Å². The molecule has 5 heteroatoms. The Morgan fingerprint density at radius 1 is 1.56 bits per heavy atom. The fourth-order valence-corrected chi connectivity index (χ4v) is 2.34. The fourth-order valence-electron chi connectivity index (χ4n) is 2.34. The standard InChI is InChI=1S/C11H19FN4/c1-2-7-16-10(8-14-15-16)11(12)5-3-9(13)4-6-11/h8-9H,2-7,13H2,1H3. The Balaban J connectivity index is 2.18. The molecule has 1 heterocycles. The Bertz CT molecular complexity index is 342. The monoisotopic (exact) mass is 226 g/mol. The van der Waals surface area contributed by atoms with Gasteiger partial charge in [-0.2, -0.15) is 0 Å². The van der Waals surface area contributed by atoms with E-state index in [1.807, 2.05) is 6.92 Å². The van der Waals surface area contributed by atoms with Crippen molar-refractivity contribution in [3.8, 4) is 0 Å². The lowest BCUT2D eigenvalue weighted by Gasteiger charge is -2.32. The highest BCUT2D eigenvalue weighted by Crippen LogP contribution is 2.39. The van der Waals surface area contributed by atoms with Crippen LogP contribution >= 0.6 is 0 Å². The second-order valence-electron chi connectivity index (χ2n) is 4.65. The number of nitrogens with zero attached hydrogens (tertiary/aromatic N) is 3. The van der Waals surface area contributed by atoms with Gasteiger partial charge in [0.2, 0.25) is 0 Å². The predicted octanol–water partition coefficient (Wildman–Crippen LogP) is 1.75. The summed E-state index contributed by atoms with van der Waals surface area (Å²) in [5.74, 6) is 0. The van der Waals surface area contributed by atoms with Crippen LogP contribution < -0.4 is 5.73 Å². The van der Waals surface area contributed by atoms with E-state index in [1.54, 1.807) is 10.9 Å². The molecule has 4 nitrogen and oxygen atoms in total. The van der Waals surface area contributed by atoms with Crippen molar-refractivity contribution in [3.05, 3.63) is 11.9 Å². The summed E-state index contributed by atoms with van der Waals surface area (Å²) in [6.45, 7) is 2.78. The second kappa shape index (κ2) is 4.49. The van der Waals surface area contributed by atoms with Crippen molar-refractivity contribution in [2.45, 2.75) is 57.3 Å². The first kappa shape index (κ1) is 11.5. The zero-order valence-corrected chi connectivity index (χ0v) is 9.69. The summed E-state index contributed by atoms with van der Waals surface area (Å²) in [4.78, 5) is 0. The molecule has 0 aromatic carbocycles. The number of hydrogen-bond acceptors (Lipinski definition) is 3. The van der Waals surface area contributed by atoms with E-state index in [0.717, 1.165) is 25.8 Å². The van der Waals surface area contributed by atoms with E-state index in [9.17, 15) is 4.39 Å². The number of halogens is 1. The van der Waals surface area contributed by atoms with Gasteiger partial charge in [-0.25, -0.2) is 9.07 Å². The number of rotatable bonds is 3. The van der Waals surface area contributed by atoms with Gasteiger partial charge < -0.3 is 5.73 Å². The molecule has 2 rings (SSSR count). The molecule has 1 aliphatic rings. The van der Waals surface area contributed by atoms with Gasteiger partial charge in [0.1, 0.15) is 0 Å². The van der Waals surface area contributed by atoms with Gasteiger partial charge in [0.25, 0.3) is 0 Å². The van der Waals surface area contributed by atoms with Gasteiger partial charge in [0, 0.05) is 12.6 Å². The van der Waals surface area contributed by atoms with Crippen LogP contribution in [0.15, 0.2) is 6.20 Å². The molecule has 0 spiro atoms. The summed E-state index contributed by atoms with van der Waals surface area (Å²) in [5.41, 5.74) is 5.16. The van der Waals surface area contributed by atoms with Crippen LogP contribution in [0.3, 0.4) is 0 Å². The Hall–Kier alpha value is -0.970. The summed E-state index contributed by atoms with van der Waals surface area (Å²) >= 11 is 0. The first-order valence-electron chi connectivity index (χ1n) is 5.99. The third-order valence-corrected chi connectivity index (χ3v) is 3.33. The largest absolute Gasteiger partial charge is 0.328 e. The molecule has 0 amide bonds. The molecule has 1 aromatic rings. The van der Waals surface area contributed by atoms with E-state index in [-0.39, 0.29) is 6.04 Å². The fraction of sp³-hybridized carbons (Fsp3) is 0.818. The van der Waals surface area contributed by atoms with Gasteiger partial charge in [-0.3, -0.25) is 0 Å². The minimum absolute atomic E-state index is 0.152. The average Bonchev–Trinajstić information content (AvgIpc) is 2.72. The normalized spacial score (nSPS) is 30.6. The third-order valence-electron chi connectivity index (χ3n) is 3.33. The van der Waals surface area contributed by atoms with E-state index in [1.165, 1.54) is 0 Å². The van der Waals surface area contributed by atoms with E-state index in [0.29, 0.717) is 18.5 Å². The van der Waals surface area contributed by atoms with Crippen LogP contribution in [0.5, 0.6) is 0 Å². The third kappa shape index (κ3) is 2.09. The number of hydrogen-bond donors (Lipinski definition) is 1. The minimum Gasteiger partial charge on any atom is -0.328 e. The highest BCUT2D eigenvalue weighted by atomic mass is 19.1. The van der Waals surface area contributed by atoms with Crippen molar-refractivity contribution in [2.24, 2.45) is 5.73 Å². The lowest BCUT2D eigenvalue weighted by molar-refractivity contribution is 0.0868. The molecule has 0 atom stereocenters. The summed E-state index contributed by atoms with van der Waals surface area (Å²) in [6, 6.07) is 0.152.